The third-order valence-electron chi connectivity index (χ3n) is 1.76. The third kappa shape index (κ3) is 2.96. The summed E-state index contributed by atoms with van der Waals surface area (Å²) in [4.78, 5) is 1.31. The first kappa shape index (κ1) is 10.5. The van der Waals surface area contributed by atoms with Gasteiger partial charge in [0.25, 0.3) is 0 Å². The minimum absolute atomic E-state index is 0.616. The zero-order valence-electron chi connectivity index (χ0n) is 8.63. The van der Waals surface area contributed by atoms with Gasteiger partial charge in [-0.25, -0.2) is 0 Å². The maximum Gasteiger partial charge on any atom is 0.119 e. The smallest absolute Gasteiger partial charge is 0.119 e. The second kappa shape index (κ2) is 4.56. The van der Waals surface area contributed by atoms with Crippen LogP contribution in [0.25, 0.3) is 0 Å². The lowest BCUT2D eigenvalue weighted by Gasteiger charge is -2.09. The Morgan fingerprint density at radius 3 is 2.54 bits per heavy atom. The van der Waals surface area contributed by atoms with Gasteiger partial charge in [-0.2, -0.15) is 0 Å². The molecule has 0 bridgehead atoms. The molecule has 0 radical (unpaired) electrons. The van der Waals surface area contributed by atoms with E-state index >= 15 is 0 Å². The SMILES string of the molecule is COc1ccc(C)c(SC(C)C)c1. The maximum atomic E-state index is 5.18. The molecule has 1 aromatic rings. The number of benzene rings is 1. The van der Waals surface area contributed by atoms with Crippen molar-refractivity contribution in [2.75, 3.05) is 7.11 Å². The van der Waals surface area contributed by atoms with E-state index in [1.54, 1.807) is 7.11 Å². The van der Waals surface area contributed by atoms with Crippen molar-refractivity contribution in [3.63, 3.8) is 0 Å². The fraction of sp³-hybridized carbons (Fsp3) is 0.455. The van der Waals surface area contributed by atoms with Crippen molar-refractivity contribution < 1.29 is 4.74 Å². The van der Waals surface area contributed by atoms with E-state index in [0.717, 1.165) is 5.75 Å². The van der Waals surface area contributed by atoms with Crippen LogP contribution in [0.2, 0.25) is 0 Å². The molecule has 1 rings (SSSR count). The van der Waals surface area contributed by atoms with E-state index in [1.165, 1.54) is 10.5 Å². The van der Waals surface area contributed by atoms with E-state index in [2.05, 4.69) is 32.9 Å². The molecule has 0 aliphatic carbocycles. The topological polar surface area (TPSA) is 9.23 Å². The van der Waals surface area contributed by atoms with Crippen LogP contribution < -0.4 is 4.74 Å². The van der Waals surface area contributed by atoms with E-state index in [4.69, 9.17) is 4.74 Å². The second-order valence-corrected chi connectivity index (χ2v) is 4.92. The van der Waals surface area contributed by atoms with Crippen LogP contribution >= 0.6 is 11.8 Å². The Kier molecular flexibility index (Phi) is 3.67. The molecule has 1 nitrogen and oxygen atoms in total. The molecule has 1 aromatic carbocycles. The molecule has 13 heavy (non-hydrogen) atoms. The van der Waals surface area contributed by atoms with Gasteiger partial charge in [0.05, 0.1) is 7.11 Å². The predicted molar refractivity (Wildman–Crippen MR) is 58.7 cm³/mol. The summed E-state index contributed by atoms with van der Waals surface area (Å²) < 4.78 is 5.18. The van der Waals surface area contributed by atoms with Crippen LogP contribution in [-0.2, 0) is 0 Å². The molecule has 72 valence electrons. The van der Waals surface area contributed by atoms with Gasteiger partial charge in [0.1, 0.15) is 5.75 Å². The zero-order chi connectivity index (χ0) is 9.84. The molecular weight excluding hydrogens is 180 g/mol. The van der Waals surface area contributed by atoms with Crippen molar-refractivity contribution in [3.8, 4) is 5.75 Å². The highest BCUT2D eigenvalue weighted by molar-refractivity contribution is 8.00. The van der Waals surface area contributed by atoms with Gasteiger partial charge in [-0.15, -0.1) is 11.8 Å². The standard InChI is InChI=1S/C11H16OS/c1-8(2)13-11-7-10(12-4)6-5-9(11)3/h5-8H,1-4H3. The largest absolute Gasteiger partial charge is 0.497 e. The Labute approximate surface area is 84.5 Å². The second-order valence-electron chi connectivity index (χ2n) is 3.30. The molecule has 0 fully saturated rings. The Morgan fingerprint density at radius 1 is 1.31 bits per heavy atom. The number of aryl methyl sites for hydroxylation is 1. The Hall–Kier alpha value is -0.630. The molecular formula is C11H16OS. The van der Waals surface area contributed by atoms with Crippen molar-refractivity contribution >= 4 is 11.8 Å². The quantitative estimate of drug-likeness (QED) is 0.684. The van der Waals surface area contributed by atoms with E-state index in [0.29, 0.717) is 5.25 Å². The number of hydrogen-bond acceptors (Lipinski definition) is 2. The average Bonchev–Trinajstić information content (AvgIpc) is 2.08. The Bertz CT molecular complexity index is 281. The first-order chi connectivity index (χ1) is 6.13. The molecule has 0 saturated heterocycles. The number of ether oxygens (including phenoxy) is 1. The van der Waals surface area contributed by atoms with Crippen molar-refractivity contribution in [1.29, 1.82) is 0 Å². The summed E-state index contributed by atoms with van der Waals surface area (Å²) in [5, 5.41) is 0.616. The summed E-state index contributed by atoms with van der Waals surface area (Å²) >= 11 is 1.87. The van der Waals surface area contributed by atoms with Crippen molar-refractivity contribution in [1.82, 2.24) is 0 Å². The van der Waals surface area contributed by atoms with Crippen LogP contribution in [0.1, 0.15) is 19.4 Å². The highest BCUT2D eigenvalue weighted by Crippen LogP contribution is 2.29. The lowest BCUT2D eigenvalue weighted by molar-refractivity contribution is 0.413. The van der Waals surface area contributed by atoms with Gasteiger partial charge in [-0.3, -0.25) is 0 Å². The summed E-state index contributed by atoms with van der Waals surface area (Å²) in [6.07, 6.45) is 0. The molecule has 0 aromatic heterocycles. The van der Waals surface area contributed by atoms with Gasteiger partial charge in [-0.05, 0) is 24.6 Å². The van der Waals surface area contributed by atoms with Crippen LogP contribution in [0.3, 0.4) is 0 Å². The van der Waals surface area contributed by atoms with Gasteiger partial charge in [0, 0.05) is 10.1 Å². The van der Waals surface area contributed by atoms with Gasteiger partial charge in [0.2, 0.25) is 0 Å². The lowest BCUT2D eigenvalue weighted by atomic mass is 10.2. The molecule has 2 heteroatoms. The summed E-state index contributed by atoms with van der Waals surface area (Å²) in [6.45, 7) is 6.53. The summed E-state index contributed by atoms with van der Waals surface area (Å²) in [5.41, 5.74) is 1.32. The maximum absolute atomic E-state index is 5.18. The third-order valence-corrected chi connectivity index (χ3v) is 2.92. The highest BCUT2D eigenvalue weighted by Gasteiger charge is 2.03. The molecule has 0 heterocycles. The molecule has 0 aliphatic heterocycles. The zero-order valence-corrected chi connectivity index (χ0v) is 9.44. The minimum atomic E-state index is 0.616. The molecule has 0 saturated carbocycles. The first-order valence-electron chi connectivity index (χ1n) is 4.44. The van der Waals surface area contributed by atoms with Crippen molar-refractivity contribution in [2.45, 2.75) is 30.9 Å². The van der Waals surface area contributed by atoms with Gasteiger partial charge in [0.15, 0.2) is 0 Å². The average molecular weight is 196 g/mol. The number of hydrogen-bond donors (Lipinski definition) is 0. The Balaban J connectivity index is 2.90. The Morgan fingerprint density at radius 2 is 2.00 bits per heavy atom. The number of rotatable bonds is 3. The monoisotopic (exact) mass is 196 g/mol. The lowest BCUT2D eigenvalue weighted by Crippen LogP contribution is -1.90. The molecule has 0 N–H and O–H groups in total. The normalized spacial score (nSPS) is 10.5. The van der Waals surface area contributed by atoms with E-state index < -0.39 is 0 Å². The molecule has 0 atom stereocenters. The molecule has 0 aliphatic rings. The van der Waals surface area contributed by atoms with Crippen LogP contribution in [0.15, 0.2) is 23.1 Å². The van der Waals surface area contributed by atoms with Crippen LogP contribution in [-0.4, -0.2) is 12.4 Å². The van der Waals surface area contributed by atoms with Crippen LogP contribution in [0, 0.1) is 6.92 Å². The van der Waals surface area contributed by atoms with Gasteiger partial charge >= 0.3 is 0 Å². The summed E-state index contributed by atoms with van der Waals surface area (Å²) in [5.74, 6) is 0.939. The molecule has 0 spiro atoms. The fourth-order valence-electron chi connectivity index (χ4n) is 1.09. The molecule has 0 amide bonds. The minimum Gasteiger partial charge on any atom is -0.497 e. The van der Waals surface area contributed by atoms with Crippen LogP contribution in [0.5, 0.6) is 5.75 Å². The van der Waals surface area contributed by atoms with Gasteiger partial charge < -0.3 is 4.74 Å². The first-order valence-corrected chi connectivity index (χ1v) is 5.32. The highest BCUT2D eigenvalue weighted by atomic mass is 32.2. The number of methoxy groups -OCH3 is 1. The van der Waals surface area contributed by atoms with Crippen LogP contribution in [0.4, 0.5) is 0 Å². The van der Waals surface area contributed by atoms with E-state index in [1.807, 2.05) is 17.8 Å². The fourth-order valence-corrected chi connectivity index (χ4v) is 2.03. The van der Waals surface area contributed by atoms with Crippen molar-refractivity contribution in [2.24, 2.45) is 0 Å². The summed E-state index contributed by atoms with van der Waals surface area (Å²) in [7, 11) is 1.70. The summed E-state index contributed by atoms with van der Waals surface area (Å²) in [6, 6.07) is 6.20. The van der Waals surface area contributed by atoms with E-state index in [-0.39, 0.29) is 0 Å². The van der Waals surface area contributed by atoms with Crippen molar-refractivity contribution in [3.05, 3.63) is 23.8 Å². The van der Waals surface area contributed by atoms with E-state index in [9.17, 15) is 0 Å². The van der Waals surface area contributed by atoms with Gasteiger partial charge in [-0.1, -0.05) is 19.9 Å². The molecule has 0 unspecified atom stereocenters. The number of thioether (sulfide) groups is 1. The predicted octanol–water partition coefficient (Wildman–Crippen LogP) is 3.50.